The minimum Gasteiger partial charge on any atom is -0.459 e. The molecule has 2 aromatic carbocycles. The second-order valence-corrected chi connectivity index (χ2v) is 9.24. The summed E-state index contributed by atoms with van der Waals surface area (Å²) < 4.78 is 11.8. The van der Waals surface area contributed by atoms with E-state index in [0.29, 0.717) is 30.0 Å². The van der Waals surface area contributed by atoms with E-state index in [1.54, 1.807) is 48.5 Å². The average molecular weight is 496 g/mol. The molecule has 0 spiro atoms. The van der Waals surface area contributed by atoms with Crippen LogP contribution in [0.15, 0.2) is 60.4 Å². The number of nitrogens with two attached hydrogens (primary N) is 1. The van der Waals surface area contributed by atoms with Crippen molar-refractivity contribution < 1.29 is 24.2 Å². The Morgan fingerprint density at radius 2 is 1.83 bits per heavy atom. The van der Waals surface area contributed by atoms with Crippen LogP contribution < -0.4 is 16.4 Å². The average Bonchev–Trinajstić information content (AvgIpc) is 2.87. The first kappa shape index (κ1) is 27.2. The van der Waals surface area contributed by atoms with Crippen LogP contribution in [0.1, 0.15) is 49.5 Å². The number of carbonyl (C=O) groups excluding carboxylic acids is 2. The molecule has 0 unspecified atom stereocenters. The zero-order valence-electron chi connectivity index (χ0n) is 21.2. The van der Waals surface area contributed by atoms with Gasteiger partial charge in [-0.1, -0.05) is 38.1 Å². The summed E-state index contributed by atoms with van der Waals surface area (Å²) in [5, 5.41) is 15.0. The number of carbonyl (C=O) groups is 2. The standard InChI is InChI=1S/C28H37N3O5/c1-4-35-28-21(8-7-15-32)22(18(2)3)16-25(36-28)27(34)30-17-19-11-13-20(14-12-19)26(33)31-24-10-6-5-9-23(24)29/h5-6,9-14,16,18,21-22,28,32H,4,7-8,15,17,29H2,1-3H3,(H,30,34)(H,31,33)/t21-,22-,28-/m0/s1. The zero-order valence-corrected chi connectivity index (χ0v) is 21.2. The normalized spacial score (nSPS) is 19.4. The Morgan fingerprint density at radius 1 is 1.11 bits per heavy atom. The summed E-state index contributed by atoms with van der Waals surface area (Å²) in [5.74, 6) is 0.128. The number of aliphatic hydroxyl groups is 1. The van der Waals surface area contributed by atoms with Gasteiger partial charge in [0.05, 0.1) is 11.4 Å². The largest absolute Gasteiger partial charge is 0.459 e. The number of ether oxygens (including phenoxy) is 2. The van der Waals surface area contributed by atoms with E-state index in [-0.39, 0.29) is 48.5 Å². The number of anilines is 2. The molecular weight excluding hydrogens is 458 g/mol. The molecule has 5 N–H and O–H groups in total. The first-order valence-corrected chi connectivity index (χ1v) is 12.5. The number of nitrogens with one attached hydrogen (secondary N) is 2. The predicted octanol–water partition coefficient (Wildman–Crippen LogP) is 4.07. The lowest BCUT2D eigenvalue weighted by atomic mass is 9.78. The molecule has 194 valence electrons. The van der Waals surface area contributed by atoms with Gasteiger partial charge in [-0.3, -0.25) is 9.59 Å². The van der Waals surface area contributed by atoms with Gasteiger partial charge < -0.3 is 30.9 Å². The predicted molar refractivity (Wildman–Crippen MR) is 140 cm³/mol. The molecular formula is C28H37N3O5. The molecule has 0 radical (unpaired) electrons. The van der Waals surface area contributed by atoms with Crippen molar-refractivity contribution in [1.29, 1.82) is 0 Å². The van der Waals surface area contributed by atoms with Gasteiger partial charge in [-0.15, -0.1) is 0 Å². The highest BCUT2D eigenvalue weighted by molar-refractivity contribution is 6.05. The fourth-order valence-electron chi connectivity index (χ4n) is 4.37. The molecule has 3 rings (SSSR count). The molecule has 0 aromatic heterocycles. The van der Waals surface area contributed by atoms with Crippen LogP contribution in [0.4, 0.5) is 11.4 Å². The number of aliphatic hydroxyl groups excluding tert-OH is 1. The summed E-state index contributed by atoms with van der Waals surface area (Å²) in [6, 6.07) is 14.1. The Kier molecular flexibility index (Phi) is 9.90. The smallest absolute Gasteiger partial charge is 0.286 e. The Balaban J connectivity index is 1.62. The number of hydrogen-bond acceptors (Lipinski definition) is 6. The van der Waals surface area contributed by atoms with Crippen LogP contribution in [0.2, 0.25) is 0 Å². The number of rotatable bonds is 11. The highest BCUT2D eigenvalue weighted by Crippen LogP contribution is 2.37. The molecule has 2 amide bonds. The maximum atomic E-state index is 12.9. The summed E-state index contributed by atoms with van der Waals surface area (Å²) in [5.41, 5.74) is 8.28. The van der Waals surface area contributed by atoms with E-state index in [1.807, 2.05) is 13.0 Å². The van der Waals surface area contributed by atoms with Crippen LogP contribution in [-0.4, -0.2) is 36.4 Å². The molecule has 8 heteroatoms. The third-order valence-electron chi connectivity index (χ3n) is 6.33. The summed E-state index contributed by atoms with van der Waals surface area (Å²) in [7, 11) is 0. The maximum absolute atomic E-state index is 12.9. The van der Waals surface area contributed by atoms with Gasteiger partial charge in [-0.25, -0.2) is 0 Å². The van der Waals surface area contributed by atoms with Gasteiger partial charge in [0, 0.05) is 31.2 Å². The number of allylic oxidation sites excluding steroid dienone is 1. The monoisotopic (exact) mass is 495 g/mol. The van der Waals surface area contributed by atoms with Crippen molar-refractivity contribution in [3.05, 3.63) is 71.5 Å². The summed E-state index contributed by atoms with van der Waals surface area (Å²) >= 11 is 0. The number of hydrogen-bond donors (Lipinski definition) is 4. The van der Waals surface area contributed by atoms with E-state index in [9.17, 15) is 14.7 Å². The Hall–Kier alpha value is -3.36. The fraction of sp³-hybridized carbons (Fsp3) is 0.429. The van der Waals surface area contributed by atoms with Crippen LogP contribution in [0.3, 0.4) is 0 Å². The van der Waals surface area contributed by atoms with Crippen molar-refractivity contribution in [2.24, 2.45) is 17.8 Å². The van der Waals surface area contributed by atoms with Gasteiger partial charge in [0.25, 0.3) is 11.8 Å². The molecule has 0 saturated heterocycles. The molecule has 36 heavy (non-hydrogen) atoms. The quantitative estimate of drug-likeness (QED) is 0.349. The van der Waals surface area contributed by atoms with Gasteiger partial charge in [-0.05, 0) is 67.5 Å². The van der Waals surface area contributed by atoms with E-state index in [1.165, 1.54) is 0 Å². The van der Waals surface area contributed by atoms with Crippen molar-refractivity contribution in [1.82, 2.24) is 5.32 Å². The van der Waals surface area contributed by atoms with Crippen molar-refractivity contribution >= 4 is 23.2 Å². The number of benzene rings is 2. The molecule has 0 bridgehead atoms. The Morgan fingerprint density at radius 3 is 2.47 bits per heavy atom. The number of para-hydroxylation sites is 2. The van der Waals surface area contributed by atoms with Crippen molar-refractivity contribution in [2.45, 2.75) is 46.4 Å². The highest BCUT2D eigenvalue weighted by atomic mass is 16.7. The first-order valence-electron chi connectivity index (χ1n) is 12.5. The molecule has 0 fully saturated rings. The maximum Gasteiger partial charge on any atom is 0.286 e. The van der Waals surface area contributed by atoms with Gasteiger partial charge in [0.15, 0.2) is 5.76 Å². The molecule has 2 aromatic rings. The van der Waals surface area contributed by atoms with Crippen molar-refractivity contribution in [3.63, 3.8) is 0 Å². The minimum atomic E-state index is -0.531. The van der Waals surface area contributed by atoms with Gasteiger partial charge in [-0.2, -0.15) is 0 Å². The lowest BCUT2D eigenvalue weighted by Gasteiger charge is -2.38. The molecule has 1 aliphatic rings. The van der Waals surface area contributed by atoms with Crippen LogP contribution in [0.25, 0.3) is 0 Å². The van der Waals surface area contributed by atoms with Crippen LogP contribution in [0, 0.1) is 17.8 Å². The fourth-order valence-corrected chi connectivity index (χ4v) is 4.37. The van der Waals surface area contributed by atoms with Crippen LogP contribution >= 0.6 is 0 Å². The van der Waals surface area contributed by atoms with Crippen molar-refractivity contribution in [3.8, 4) is 0 Å². The SMILES string of the molecule is CCO[C@H]1OC(C(=O)NCc2ccc(C(=O)Nc3ccccc3N)cc2)=C[C@@H](C(C)C)[C@@H]1CCCO. The molecule has 3 atom stereocenters. The third kappa shape index (κ3) is 7.08. The highest BCUT2D eigenvalue weighted by Gasteiger charge is 2.38. The van der Waals surface area contributed by atoms with E-state index >= 15 is 0 Å². The van der Waals surface area contributed by atoms with Gasteiger partial charge in [0.1, 0.15) is 0 Å². The molecule has 0 saturated carbocycles. The van der Waals surface area contributed by atoms with Gasteiger partial charge in [0.2, 0.25) is 6.29 Å². The molecule has 1 heterocycles. The molecule has 8 nitrogen and oxygen atoms in total. The second-order valence-electron chi connectivity index (χ2n) is 9.24. The van der Waals surface area contributed by atoms with Crippen LogP contribution in [-0.2, 0) is 20.8 Å². The Bertz CT molecular complexity index is 1050. The van der Waals surface area contributed by atoms with Crippen molar-refractivity contribution in [2.75, 3.05) is 24.3 Å². The molecule has 0 aliphatic carbocycles. The summed E-state index contributed by atoms with van der Waals surface area (Å²) in [6.45, 7) is 6.98. The van der Waals surface area contributed by atoms with E-state index < -0.39 is 6.29 Å². The van der Waals surface area contributed by atoms with E-state index in [4.69, 9.17) is 15.2 Å². The first-order chi connectivity index (χ1) is 17.3. The summed E-state index contributed by atoms with van der Waals surface area (Å²) in [6.07, 6.45) is 2.77. The third-order valence-corrected chi connectivity index (χ3v) is 6.33. The summed E-state index contributed by atoms with van der Waals surface area (Å²) in [4.78, 5) is 25.5. The lowest BCUT2D eigenvalue weighted by Crippen LogP contribution is -2.41. The van der Waals surface area contributed by atoms with E-state index in [2.05, 4.69) is 24.5 Å². The zero-order chi connectivity index (χ0) is 26.1. The second kappa shape index (κ2) is 13.1. The van der Waals surface area contributed by atoms with Crippen LogP contribution in [0.5, 0.6) is 0 Å². The molecule has 1 aliphatic heterocycles. The number of amides is 2. The van der Waals surface area contributed by atoms with E-state index in [0.717, 1.165) is 12.0 Å². The lowest BCUT2D eigenvalue weighted by molar-refractivity contribution is -0.175. The van der Waals surface area contributed by atoms with Gasteiger partial charge >= 0.3 is 0 Å². The topological polar surface area (TPSA) is 123 Å². The number of nitrogen functional groups attached to an aromatic ring is 1. The minimum absolute atomic E-state index is 0.0681. The Labute approximate surface area is 212 Å².